The average Bonchev–Trinajstić information content (AvgIpc) is 2.69. The second kappa shape index (κ2) is 3.84. The number of ether oxygens (including phenoxy) is 1. The van der Waals surface area contributed by atoms with Crippen molar-refractivity contribution in [3.63, 3.8) is 0 Å². The molecule has 0 aromatic rings. The number of nitrogens with two attached hydrogens (primary N) is 1. The predicted octanol–water partition coefficient (Wildman–Crippen LogP) is -1.46. The molecule has 2 aliphatic rings. The molecule has 1 atom stereocenters. The Bertz CT molecular complexity index is 220. The summed E-state index contributed by atoms with van der Waals surface area (Å²) < 4.78 is 5.31. The molecule has 2 heterocycles. The highest BCUT2D eigenvalue weighted by atomic mass is 16.5. The molecule has 2 rings (SSSR count). The van der Waals surface area contributed by atoms with Crippen LogP contribution < -0.4 is 11.1 Å². The van der Waals surface area contributed by atoms with Gasteiger partial charge in [0.25, 0.3) is 0 Å². The standard InChI is InChI=1S/C9H17N3O2/c10-8(13)9(1-6-14-7-9)12-4-2-11-3-5-12/h11H,1-7H2,(H2,10,13). The van der Waals surface area contributed by atoms with E-state index in [0.717, 1.165) is 32.6 Å². The van der Waals surface area contributed by atoms with Gasteiger partial charge in [-0.1, -0.05) is 0 Å². The number of rotatable bonds is 2. The maximum absolute atomic E-state index is 11.5. The van der Waals surface area contributed by atoms with Gasteiger partial charge in [0.1, 0.15) is 5.54 Å². The third-order valence-electron chi connectivity index (χ3n) is 3.18. The zero-order chi connectivity index (χ0) is 10.0. The third kappa shape index (κ3) is 1.51. The second-order valence-electron chi connectivity index (χ2n) is 3.94. The molecule has 0 aliphatic carbocycles. The SMILES string of the molecule is NC(=O)C1(N2CCNCC2)CCOC1. The molecule has 2 aliphatic heterocycles. The molecule has 0 aromatic carbocycles. The Kier molecular flexibility index (Phi) is 2.71. The molecule has 3 N–H and O–H groups in total. The zero-order valence-corrected chi connectivity index (χ0v) is 8.29. The fraction of sp³-hybridized carbons (Fsp3) is 0.889. The van der Waals surface area contributed by atoms with Gasteiger partial charge in [-0.15, -0.1) is 0 Å². The number of carbonyl (C=O) groups is 1. The maximum atomic E-state index is 11.5. The van der Waals surface area contributed by atoms with Gasteiger partial charge >= 0.3 is 0 Å². The Morgan fingerprint density at radius 2 is 2.14 bits per heavy atom. The third-order valence-corrected chi connectivity index (χ3v) is 3.18. The van der Waals surface area contributed by atoms with Crippen LogP contribution in [-0.4, -0.2) is 55.7 Å². The molecule has 0 spiro atoms. The summed E-state index contributed by atoms with van der Waals surface area (Å²) in [7, 11) is 0. The number of amides is 1. The van der Waals surface area contributed by atoms with Crippen molar-refractivity contribution in [3.8, 4) is 0 Å². The Morgan fingerprint density at radius 1 is 1.43 bits per heavy atom. The van der Waals surface area contributed by atoms with Crippen molar-refractivity contribution in [3.05, 3.63) is 0 Å². The van der Waals surface area contributed by atoms with Crippen molar-refractivity contribution in [1.29, 1.82) is 0 Å². The highest BCUT2D eigenvalue weighted by Crippen LogP contribution is 2.26. The van der Waals surface area contributed by atoms with Gasteiger partial charge in [0.2, 0.25) is 5.91 Å². The molecule has 14 heavy (non-hydrogen) atoms. The fourth-order valence-corrected chi connectivity index (χ4v) is 2.25. The molecule has 1 unspecified atom stereocenters. The highest BCUT2D eigenvalue weighted by molar-refractivity contribution is 5.85. The number of carbonyl (C=O) groups excluding carboxylic acids is 1. The van der Waals surface area contributed by atoms with Gasteiger partial charge in [0.15, 0.2) is 0 Å². The van der Waals surface area contributed by atoms with E-state index in [1.54, 1.807) is 0 Å². The molecular weight excluding hydrogens is 182 g/mol. The van der Waals surface area contributed by atoms with Gasteiger partial charge in [-0.05, 0) is 0 Å². The number of piperazine rings is 1. The minimum atomic E-state index is -0.526. The van der Waals surface area contributed by atoms with E-state index in [1.807, 2.05) is 0 Å². The van der Waals surface area contributed by atoms with Crippen LogP contribution in [-0.2, 0) is 9.53 Å². The molecule has 2 saturated heterocycles. The van der Waals surface area contributed by atoms with E-state index in [2.05, 4.69) is 10.2 Å². The summed E-state index contributed by atoms with van der Waals surface area (Å²) in [6.07, 6.45) is 0.738. The summed E-state index contributed by atoms with van der Waals surface area (Å²) >= 11 is 0. The van der Waals surface area contributed by atoms with Crippen LogP contribution in [0.3, 0.4) is 0 Å². The monoisotopic (exact) mass is 199 g/mol. The normalized spacial score (nSPS) is 34.6. The van der Waals surface area contributed by atoms with Gasteiger partial charge in [-0.3, -0.25) is 9.69 Å². The first-order valence-corrected chi connectivity index (χ1v) is 5.09. The van der Waals surface area contributed by atoms with Crippen molar-refractivity contribution in [2.24, 2.45) is 5.73 Å². The van der Waals surface area contributed by atoms with Crippen LogP contribution in [0.5, 0.6) is 0 Å². The molecule has 5 heteroatoms. The summed E-state index contributed by atoms with van der Waals surface area (Å²) in [5, 5.41) is 3.26. The quantitative estimate of drug-likeness (QED) is 0.570. The summed E-state index contributed by atoms with van der Waals surface area (Å²) in [4.78, 5) is 13.7. The summed E-state index contributed by atoms with van der Waals surface area (Å²) in [6, 6.07) is 0. The van der Waals surface area contributed by atoms with Crippen LogP contribution in [0.25, 0.3) is 0 Å². The molecule has 0 saturated carbocycles. The largest absolute Gasteiger partial charge is 0.379 e. The predicted molar refractivity (Wildman–Crippen MR) is 51.8 cm³/mol. The molecule has 0 bridgehead atoms. The fourth-order valence-electron chi connectivity index (χ4n) is 2.25. The summed E-state index contributed by atoms with van der Waals surface area (Å²) in [5.74, 6) is -0.239. The first-order valence-electron chi connectivity index (χ1n) is 5.09. The van der Waals surface area contributed by atoms with E-state index >= 15 is 0 Å². The van der Waals surface area contributed by atoms with Crippen molar-refractivity contribution in [2.45, 2.75) is 12.0 Å². The number of hydrogen-bond acceptors (Lipinski definition) is 4. The molecule has 5 nitrogen and oxygen atoms in total. The Morgan fingerprint density at radius 3 is 2.64 bits per heavy atom. The van der Waals surface area contributed by atoms with Gasteiger partial charge in [-0.25, -0.2) is 0 Å². The van der Waals surface area contributed by atoms with Crippen LogP contribution in [0.1, 0.15) is 6.42 Å². The van der Waals surface area contributed by atoms with Crippen LogP contribution in [0.4, 0.5) is 0 Å². The smallest absolute Gasteiger partial charge is 0.240 e. The van der Waals surface area contributed by atoms with Crippen molar-refractivity contribution in [1.82, 2.24) is 10.2 Å². The lowest BCUT2D eigenvalue weighted by Gasteiger charge is -2.40. The minimum Gasteiger partial charge on any atom is -0.379 e. The number of hydrogen-bond donors (Lipinski definition) is 2. The molecule has 0 aromatic heterocycles. The highest BCUT2D eigenvalue weighted by Gasteiger charge is 2.46. The van der Waals surface area contributed by atoms with Gasteiger partial charge in [0.05, 0.1) is 6.61 Å². The molecule has 80 valence electrons. The van der Waals surface area contributed by atoms with Crippen LogP contribution in [0, 0.1) is 0 Å². The molecule has 1 amide bonds. The Balaban J connectivity index is 2.12. The Labute approximate surface area is 83.6 Å². The van der Waals surface area contributed by atoms with Gasteiger partial charge < -0.3 is 15.8 Å². The molecule has 2 fully saturated rings. The lowest BCUT2D eigenvalue weighted by Crippen LogP contribution is -2.62. The lowest BCUT2D eigenvalue weighted by atomic mass is 9.94. The average molecular weight is 199 g/mol. The van der Waals surface area contributed by atoms with Crippen LogP contribution >= 0.6 is 0 Å². The van der Waals surface area contributed by atoms with E-state index in [9.17, 15) is 4.79 Å². The molecular formula is C9H17N3O2. The van der Waals surface area contributed by atoms with E-state index in [-0.39, 0.29) is 5.91 Å². The lowest BCUT2D eigenvalue weighted by molar-refractivity contribution is -0.131. The van der Waals surface area contributed by atoms with Crippen molar-refractivity contribution >= 4 is 5.91 Å². The van der Waals surface area contributed by atoms with Crippen LogP contribution in [0.15, 0.2) is 0 Å². The molecule has 0 radical (unpaired) electrons. The van der Waals surface area contributed by atoms with Crippen LogP contribution in [0.2, 0.25) is 0 Å². The van der Waals surface area contributed by atoms with E-state index in [0.29, 0.717) is 13.2 Å². The first-order chi connectivity index (χ1) is 6.76. The zero-order valence-electron chi connectivity index (χ0n) is 8.29. The topological polar surface area (TPSA) is 67.6 Å². The van der Waals surface area contributed by atoms with E-state index in [1.165, 1.54) is 0 Å². The van der Waals surface area contributed by atoms with Gasteiger partial charge in [0, 0.05) is 39.2 Å². The second-order valence-corrected chi connectivity index (χ2v) is 3.94. The first kappa shape index (κ1) is 9.89. The summed E-state index contributed by atoms with van der Waals surface area (Å²) in [6.45, 7) is 4.72. The Hall–Kier alpha value is -0.650. The van der Waals surface area contributed by atoms with Crippen molar-refractivity contribution < 1.29 is 9.53 Å². The van der Waals surface area contributed by atoms with E-state index in [4.69, 9.17) is 10.5 Å². The van der Waals surface area contributed by atoms with Crippen molar-refractivity contribution in [2.75, 3.05) is 39.4 Å². The minimum absolute atomic E-state index is 0.239. The van der Waals surface area contributed by atoms with E-state index < -0.39 is 5.54 Å². The number of primary amides is 1. The number of nitrogens with one attached hydrogen (secondary N) is 1. The maximum Gasteiger partial charge on any atom is 0.240 e. The summed E-state index contributed by atoms with van der Waals surface area (Å²) in [5.41, 5.74) is 4.96. The number of nitrogens with zero attached hydrogens (tertiary/aromatic N) is 1. The van der Waals surface area contributed by atoms with Gasteiger partial charge in [-0.2, -0.15) is 0 Å².